The molecule has 1 fully saturated rings. The summed E-state index contributed by atoms with van der Waals surface area (Å²) in [5.41, 5.74) is 2.68. The molecule has 0 N–H and O–H groups in total. The van der Waals surface area contributed by atoms with E-state index in [2.05, 4.69) is 54.9 Å². The van der Waals surface area contributed by atoms with E-state index in [4.69, 9.17) is 4.43 Å². The monoisotopic (exact) mass is 360 g/mol. The standard InChI is InChI=1S/C19H28N2OSSi/c1-19(2,3)24(4,5)22-16-8-6-7-14(16)17-18-13(9-10-23-18)15-11-20-12-21(15)17/h9-12,14,16-17H,6-8H2,1-5H3/t14-,16-,17?/m1/s1. The summed E-state index contributed by atoms with van der Waals surface area (Å²) < 4.78 is 9.28. The van der Waals surface area contributed by atoms with Gasteiger partial charge in [-0.15, -0.1) is 11.3 Å². The highest BCUT2D eigenvalue weighted by molar-refractivity contribution is 7.10. The maximum atomic E-state index is 6.88. The van der Waals surface area contributed by atoms with Gasteiger partial charge in [0.2, 0.25) is 0 Å². The van der Waals surface area contributed by atoms with Crippen LogP contribution in [0.15, 0.2) is 24.0 Å². The van der Waals surface area contributed by atoms with Crippen LogP contribution in [0.25, 0.3) is 11.3 Å². The zero-order chi connectivity index (χ0) is 17.1. The number of aromatic nitrogens is 2. The second-order valence-electron chi connectivity index (χ2n) is 8.84. The van der Waals surface area contributed by atoms with Gasteiger partial charge in [-0.3, -0.25) is 0 Å². The van der Waals surface area contributed by atoms with E-state index in [0.717, 1.165) is 0 Å². The molecular formula is C19H28N2OSSi. The molecule has 1 unspecified atom stereocenters. The second-order valence-corrected chi connectivity index (χ2v) is 14.5. The minimum Gasteiger partial charge on any atom is -0.414 e. The fourth-order valence-corrected chi connectivity index (χ4v) is 6.52. The van der Waals surface area contributed by atoms with Gasteiger partial charge in [-0.2, -0.15) is 0 Å². The van der Waals surface area contributed by atoms with Crippen molar-refractivity contribution in [2.75, 3.05) is 0 Å². The fraction of sp³-hybridized carbons (Fsp3) is 0.632. The molecule has 2 aromatic heterocycles. The lowest BCUT2D eigenvalue weighted by Crippen LogP contribution is -2.45. The number of nitrogens with zero attached hydrogens (tertiary/aromatic N) is 2. The molecule has 2 aliphatic rings. The predicted molar refractivity (Wildman–Crippen MR) is 103 cm³/mol. The Bertz CT molecular complexity index is 702. The summed E-state index contributed by atoms with van der Waals surface area (Å²) in [4.78, 5) is 5.94. The summed E-state index contributed by atoms with van der Waals surface area (Å²) >= 11 is 1.90. The molecule has 0 amide bonds. The van der Waals surface area contributed by atoms with Crippen molar-refractivity contribution in [3.05, 3.63) is 28.8 Å². The summed E-state index contributed by atoms with van der Waals surface area (Å²) in [6.07, 6.45) is 8.18. The maximum absolute atomic E-state index is 6.88. The molecule has 0 saturated heterocycles. The third-order valence-corrected chi connectivity index (χ3v) is 11.9. The zero-order valence-corrected chi connectivity index (χ0v) is 17.2. The first kappa shape index (κ1) is 16.5. The van der Waals surface area contributed by atoms with E-state index in [1.165, 1.54) is 35.4 Å². The number of rotatable bonds is 3. The van der Waals surface area contributed by atoms with Gasteiger partial charge < -0.3 is 8.99 Å². The Morgan fingerprint density at radius 1 is 1.29 bits per heavy atom. The molecule has 4 rings (SSSR count). The average molecular weight is 361 g/mol. The fourth-order valence-electron chi connectivity index (χ4n) is 4.04. The van der Waals surface area contributed by atoms with Crippen LogP contribution in [0.2, 0.25) is 18.1 Å². The van der Waals surface area contributed by atoms with Crippen molar-refractivity contribution in [1.29, 1.82) is 0 Å². The predicted octanol–water partition coefficient (Wildman–Crippen LogP) is 5.70. The summed E-state index contributed by atoms with van der Waals surface area (Å²) in [6, 6.07) is 2.68. The average Bonchev–Trinajstić information content (AvgIpc) is 3.19. The number of thiophene rings is 1. The van der Waals surface area contributed by atoms with E-state index in [9.17, 15) is 0 Å². The van der Waals surface area contributed by atoms with Gasteiger partial charge in [0, 0.05) is 16.4 Å². The van der Waals surface area contributed by atoms with E-state index >= 15 is 0 Å². The van der Waals surface area contributed by atoms with Crippen LogP contribution < -0.4 is 0 Å². The number of fused-ring (bicyclic) bond motifs is 3. The summed E-state index contributed by atoms with van der Waals surface area (Å²) in [5, 5.41) is 2.50. The molecule has 1 aliphatic carbocycles. The van der Waals surface area contributed by atoms with Crippen molar-refractivity contribution in [3.63, 3.8) is 0 Å². The van der Waals surface area contributed by atoms with E-state index in [1.54, 1.807) is 0 Å². The molecule has 3 nitrogen and oxygen atoms in total. The molecular weight excluding hydrogens is 332 g/mol. The Morgan fingerprint density at radius 3 is 2.83 bits per heavy atom. The third kappa shape index (κ3) is 2.44. The third-order valence-electron chi connectivity index (χ3n) is 6.37. The zero-order valence-electron chi connectivity index (χ0n) is 15.4. The van der Waals surface area contributed by atoms with Gasteiger partial charge in [0.15, 0.2) is 8.32 Å². The van der Waals surface area contributed by atoms with Gasteiger partial charge in [-0.25, -0.2) is 4.98 Å². The first-order valence-electron chi connectivity index (χ1n) is 9.07. The summed E-state index contributed by atoms with van der Waals surface area (Å²) in [5.74, 6) is 0.576. The van der Waals surface area contributed by atoms with Crippen molar-refractivity contribution in [1.82, 2.24) is 9.55 Å². The summed E-state index contributed by atoms with van der Waals surface area (Å²) in [6.45, 7) is 11.8. The van der Waals surface area contributed by atoms with E-state index in [0.29, 0.717) is 18.1 Å². The molecule has 130 valence electrons. The molecule has 24 heavy (non-hydrogen) atoms. The number of hydrogen-bond donors (Lipinski definition) is 0. The molecule has 1 saturated carbocycles. The molecule has 0 aromatic carbocycles. The van der Waals surface area contributed by atoms with Crippen LogP contribution in [0.1, 0.15) is 51.0 Å². The molecule has 3 atom stereocenters. The molecule has 2 aromatic rings. The molecule has 0 spiro atoms. The van der Waals surface area contributed by atoms with Crippen molar-refractivity contribution in [3.8, 4) is 11.3 Å². The Morgan fingerprint density at radius 2 is 2.08 bits per heavy atom. The van der Waals surface area contributed by atoms with Crippen LogP contribution in [-0.4, -0.2) is 24.0 Å². The van der Waals surface area contributed by atoms with E-state index < -0.39 is 8.32 Å². The SMILES string of the molecule is CC(C)(C)[Si](C)(C)O[C@@H]1CCC[C@H]1C1c2sccc2-c2cncn21. The number of hydrogen-bond acceptors (Lipinski definition) is 3. The van der Waals surface area contributed by atoms with Gasteiger partial charge in [0.1, 0.15) is 0 Å². The van der Waals surface area contributed by atoms with Crippen molar-refractivity contribution in [2.24, 2.45) is 5.92 Å². The topological polar surface area (TPSA) is 27.1 Å². The first-order valence-corrected chi connectivity index (χ1v) is 12.9. The molecule has 1 aliphatic heterocycles. The van der Waals surface area contributed by atoms with Gasteiger partial charge in [0.25, 0.3) is 0 Å². The second kappa shape index (κ2) is 5.54. The highest BCUT2D eigenvalue weighted by atomic mass is 32.1. The largest absolute Gasteiger partial charge is 0.414 e. The van der Waals surface area contributed by atoms with Crippen molar-refractivity contribution in [2.45, 2.75) is 70.3 Å². The van der Waals surface area contributed by atoms with Crippen molar-refractivity contribution < 1.29 is 4.43 Å². The van der Waals surface area contributed by atoms with Gasteiger partial charge in [0.05, 0.1) is 30.4 Å². The highest BCUT2D eigenvalue weighted by Gasteiger charge is 2.46. The molecule has 3 heterocycles. The van der Waals surface area contributed by atoms with Crippen LogP contribution >= 0.6 is 11.3 Å². The van der Waals surface area contributed by atoms with E-state index in [-0.39, 0.29) is 5.04 Å². The van der Waals surface area contributed by atoms with Crippen LogP contribution in [-0.2, 0) is 4.43 Å². The molecule has 5 heteroatoms. The minimum absolute atomic E-state index is 0.268. The quantitative estimate of drug-likeness (QED) is 0.656. The van der Waals surface area contributed by atoms with Crippen molar-refractivity contribution >= 4 is 19.7 Å². The smallest absolute Gasteiger partial charge is 0.192 e. The minimum atomic E-state index is -1.74. The van der Waals surface area contributed by atoms with Crippen LogP contribution in [0.5, 0.6) is 0 Å². The normalized spacial score (nSPS) is 26.6. The van der Waals surface area contributed by atoms with Crippen LogP contribution in [0.4, 0.5) is 0 Å². The Labute approximate surface area is 150 Å². The Balaban J connectivity index is 1.65. The molecule has 0 bridgehead atoms. The van der Waals surface area contributed by atoms with Crippen LogP contribution in [0, 0.1) is 5.92 Å². The van der Waals surface area contributed by atoms with Gasteiger partial charge >= 0.3 is 0 Å². The lowest BCUT2D eigenvalue weighted by atomic mass is 9.95. The summed E-state index contributed by atoms with van der Waals surface area (Å²) in [7, 11) is -1.74. The van der Waals surface area contributed by atoms with Gasteiger partial charge in [-0.1, -0.05) is 27.2 Å². The lowest BCUT2D eigenvalue weighted by molar-refractivity contribution is 0.121. The highest BCUT2D eigenvalue weighted by Crippen LogP contribution is 2.51. The Hall–Kier alpha value is -0.913. The maximum Gasteiger partial charge on any atom is 0.192 e. The van der Waals surface area contributed by atoms with Crippen LogP contribution in [0.3, 0.4) is 0 Å². The molecule has 0 radical (unpaired) electrons. The lowest BCUT2D eigenvalue weighted by Gasteiger charge is -2.41. The van der Waals surface area contributed by atoms with Gasteiger partial charge in [-0.05, 0) is 42.4 Å². The number of imidazole rings is 1. The first-order chi connectivity index (χ1) is 11.3. The van der Waals surface area contributed by atoms with E-state index in [1.807, 2.05) is 23.9 Å². The Kier molecular flexibility index (Phi) is 3.82.